The quantitative estimate of drug-likeness (QED) is 0.0481. The highest BCUT2D eigenvalue weighted by Gasteiger charge is 2.32. The molecule has 8 rings (SSSR count). The lowest BCUT2D eigenvalue weighted by Crippen LogP contribution is -2.46. The highest BCUT2D eigenvalue weighted by atomic mass is 16.6. The van der Waals surface area contributed by atoms with E-state index < -0.39 is 11.9 Å². The van der Waals surface area contributed by atoms with E-state index in [9.17, 15) is 19.5 Å². The summed E-state index contributed by atoms with van der Waals surface area (Å²) in [5, 5.41) is 25.3. The fourth-order valence-electron chi connectivity index (χ4n) is 9.38. The summed E-state index contributed by atoms with van der Waals surface area (Å²) in [6.45, 7) is 13.4. The second-order valence-corrected chi connectivity index (χ2v) is 18.0. The van der Waals surface area contributed by atoms with Crippen LogP contribution in [-0.2, 0) is 42.1 Å². The van der Waals surface area contributed by atoms with Crippen LogP contribution < -0.4 is 21.6 Å². The molecule has 4 N–H and O–H groups in total. The van der Waals surface area contributed by atoms with E-state index in [1.165, 1.54) is 14.7 Å². The van der Waals surface area contributed by atoms with Gasteiger partial charge in [0.05, 0.1) is 87.1 Å². The minimum atomic E-state index is -0.727. The molecule has 19 nitrogen and oxygen atoms in total. The molecule has 19 heteroatoms. The standard InChI is InChI=1S/C49H69N11O8/c1-3-4-18-51-48-52-33-39-44(55-60(46(39)54-48)37-12-14-38(61)15-13-37)36-10-8-35(9-11-36)34-58-22-20-57(21-23-58)24-26-66-28-30-68-32-31-67-29-27-65-25-19-50-40-6-5-7-41-45(40)56(2)49(64)59(41)42-16-17-43(62)53-47(42)63/h5-11,33,37-38,42,50,61H,3-4,12-32,34H2,1-2H3,(H,51,52,54)(H,53,62,63). The third kappa shape index (κ3) is 12.5. The van der Waals surface area contributed by atoms with Crippen molar-refractivity contribution in [2.24, 2.45) is 7.05 Å². The van der Waals surface area contributed by atoms with E-state index in [4.69, 9.17) is 29.0 Å². The number of aryl methyl sites for hydroxylation is 1. The topological polar surface area (TPSA) is 204 Å². The minimum absolute atomic E-state index is 0.195. The predicted octanol–water partition coefficient (Wildman–Crippen LogP) is 4.11. The van der Waals surface area contributed by atoms with Crippen LogP contribution in [-0.4, -0.2) is 160 Å². The van der Waals surface area contributed by atoms with Crippen molar-refractivity contribution in [3.63, 3.8) is 0 Å². The molecule has 1 aliphatic carbocycles. The summed E-state index contributed by atoms with van der Waals surface area (Å²) in [5.74, 6) is -0.135. The summed E-state index contributed by atoms with van der Waals surface area (Å²) in [6, 6.07) is 13.8. The molecule has 5 heterocycles. The van der Waals surface area contributed by atoms with E-state index in [2.05, 4.69) is 66.6 Å². The number of hydrogen-bond acceptors (Lipinski definition) is 15. The lowest BCUT2D eigenvalue weighted by Gasteiger charge is -2.34. The van der Waals surface area contributed by atoms with Gasteiger partial charge in [-0.2, -0.15) is 10.1 Å². The Hall–Kier alpha value is -5.28. The van der Waals surface area contributed by atoms with E-state index in [-0.39, 0.29) is 36.6 Å². The largest absolute Gasteiger partial charge is 0.393 e. The minimum Gasteiger partial charge on any atom is -0.393 e. The Labute approximate surface area is 397 Å². The van der Waals surface area contributed by atoms with Crippen LogP contribution in [0.5, 0.6) is 0 Å². The number of hydrogen-bond donors (Lipinski definition) is 4. The lowest BCUT2D eigenvalue weighted by atomic mass is 9.93. The highest BCUT2D eigenvalue weighted by molar-refractivity contribution is 6.00. The molecule has 68 heavy (non-hydrogen) atoms. The van der Waals surface area contributed by atoms with Gasteiger partial charge in [-0.3, -0.25) is 33.8 Å². The molecule has 2 amide bonds. The fourth-order valence-corrected chi connectivity index (χ4v) is 9.38. The summed E-state index contributed by atoms with van der Waals surface area (Å²) in [5.41, 5.74) is 5.88. The molecule has 0 radical (unpaired) electrons. The van der Waals surface area contributed by atoms with Crippen LogP contribution in [0.25, 0.3) is 33.3 Å². The molecular weight excluding hydrogens is 871 g/mol. The number of aliphatic hydroxyl groups is 1. The smallest absolute Gasteiger partial charge is 0.329 e. The first kappa shape index (κ1) is 49.2. The number of nitrogens with zero attached hydrogens (tertiary/aromatic N) is 8. The van der Waals surface area contributed by atoms with Crippen LogP contribution in [0.1, 0.15) is 75.9 Å². The Morgan fingerprint density at radius 2 is 1.49 bits per heavy atom. The Kier molecular flexibility index (Phi) is 17.6. The van der Waals surface area contributed by atoms with Gasteiger partial charge < -0.3 is 34.7 Å². The second-order valence-electron chi connectivity index (χ2n) is 18.0. The third-order valence-corrected chi connectivity index (χ3v) is 13.2. The van der Waals surface area contributed by atoms with Crippen molar-refractivity contribution in [2.75, 3.05) is 109 Å². The van der Waals surface area contributed by atoms with Gasteiger partial charge in [-0.15, -0.1) is 0 Å². The van der Waals surface area contributed by atoms with Crippen LogP contribution in [0.2, 0.25) is 0 Å². The zero-order chi connectivity index (χ0) is 47.2. The molecule has 368 valence electrons. The van der Waals surface area contributed by atoms with Gasteiger partial charge in [-0.05, 0) is 56.2 Å². The summed E-state index contributed by atoms with van der Waals surface area (Å²) >= 11 is 0. The maximum atomic E-state index is 13.1. The molecule has 2 aliphatic heterocycles. The second kappa shape index (κ2) is 24.3. The van der Waals surface area contributed by atoms with Crippen molar-refractivity contribution in [2.45, 2.75) is 83.0 Å². The molecule has 1 unspecified atom stereocenters. The number of amides is 2. The normalized spacial score (nSPS) is 19.5. The number of piperidine rings is 1. The Morgan fingerprint density at radius 3 is 2.19 bits per heavy atom. The number of ether oxygens (including phenoxy) is 4. The van der Waals surface area contributed by atoms with Crippen LogP contribution in [0.4, 0.5) is 11.6 Å². The summed E-state index contributed by atoms with van der Waals surface area (Å²) in [4.78, 5) is 51.9. The number of imidazole rings is 1. The molecule has 3 aromatic heterocycles. The molecular formula is C49H69N11O8. The highest BCUT2D eigenvalue weighted by Crippen LogP contribution is 2.35. The molecule has 3 fully saturated rings. The number of unbranched alkanes of at least 4 members (excludes halogenated alkanes) is 1. The number of piperazine rings is 1. The lowest BCUT2D eigenvalue weighted by molar-refractivity contribution is -0.135. The number of carbonyl (C=O) groups is 2. The number of anilines is 2. The van der Waals surface area contributed by atoms with Crippen molar-refractivity contribution in [3.05, 3.63) is 64.7 Å². The van der Waals surface area contributed by atoms with Gasteiger partial charge in [-0.25, -0.2) is 14.5 Å². The Balaban J connectivity index is 0.659. The number of para-hydroxylation sites is 1. The van der Waals surface area contributed by atoms with Crippen LogP contribution in [0.3, 0.4) is 0 Å². The average Bonchev–Trinajstić information content (AvgIpc) is 3.85. The summed E-state index contributed by atoms with van der Waals surface area (Å²) in [6.07, 6.45) is 7.67. The number of benzene rings is 2. The molecule has 1 atom stereocenters. The van der Waals surface area contributed by atoms with Gasteiger partial charge in [0.1, 0.15) is 11.7 Å². The fraction of sp³-hybridized carbons (Fsp3) is 0.592. The maximum absolute atomic E-state index is 13.1. The number of imide groups is 1. The number of fused-ring (bicyclic) bond motifs is 2. The molecule has 2 saturated heterocycles. The van der Waals surface area contributed by atoms with Crippen LogP contribution in [0, 0.1) is 0 Å². The van der Waals surface area contributed by atoms with E-state index in [1.54, 1.807) is 7.05 Å². The predicted molar refractivity (Wildman–Crippen MR) is 260 cm³/mol. The molecule has 0 bridgehead atoms. The molecule has 3 aliphatic rings. The van der Waals surface area contributed by atoms with E-state index in [1.807, 2.05) is 24.4 Å². The first-order valence-corrected chi connectivity index (χ1v) is 24.6. The first-order valence-electron chi connectivity index (χ1n) is 24.6. The van der Waals surface area contributed by atoms with E-state index in [0.717, 1.165) is 112 Å². The van der Waals surface area contributed by atoms with Gasteiger partial charge in [0.15, 0.2) is 5.65 Å². The maximum Gasteiger partial charge on any atom is 0.329 e. The molecule has 2 aromatic carbocycles. The van der Waals surface area contributed by atoms with Gasteiger partial charge >= 0.3 is 5.69 Å². The zero-order valence-electron chi connectivity index (χ0n) is 39.7. The molecule has 5 aromatic rings. The SMILES string of the molecule is CCCCNc1ncc2c(-c3ccc(CN4CCN(CCOCCOCCOCCOCCNc5cccc6c5n(C)c(=O)n6C5CCC(=O)NC5=O)CC4)cc3)nn(C3CCC(O)CC3)c2n1. The summed E-state index contributed by atoms with van der Waals surface area (Å²) < 4.78 is 28.0. The van der Waals surface area contributed by atoms with Crippen molar-refractivity contribution in [1.29, 1.82) is 0 Å². The molecule has 0 spiro atoms. The number of aliphatic hydroxyl groups excluding tert-OH is 1. The van der Waals surface area contributed by atoms with Crippen molar-refractivity contribution in [3.8, 4) is 11.3 Å². The third-order valence-electron chi connectivity index (χ3n) is 13.2. The van der Waals surface area contributed by atoms with E-state index >= 15 is 0 Å². The monoisotopic (exact) mass is 940 g/mol. The number of aromatic nitrogens is 6. The zero-order valence-corrected chi connectivity index (χ0v) is 39.7. The summed E-state index contributed by atoms with van der Waals surface area (Å²) in [7, 11) is 1.68. The van der Waals surface area contributed by atoms with Gasteiger partial charge in [0.2, 0.25) is 17.8 Å². The van der Waals surface area contributed by atoms with Gasteiger partial charge in [-0.1, -0.05) is 43.7 Å². The Bertz CT molecular complexity index is 2470. The van der Waals surface area contributed by atoms with Crippen molar-refractivity contribution in [1.82, 2.24) is 44.0 Å². The number of nitrogens with one attached hydrogen (secondary N) is 3. The van der Waals surface area contributed by atoms with E-state index in [0.29, 0.717) is 76.4 Å². The molecule has 1 saturated carbocycles. The average molecular weight is 940 g/mol. The van der Waals surface area contributed by atoms with Crippen molar-refractivity contribution < 1.29 is 33.6 Å². The van der Waals surface area contributed by atoms with Gasteiger partial charge in [0.25, 0.3) is 0 Å². The Morgan fingerprint density at radius 1 is 0.794 bits per heavy atom. The number of rotatable bonds is 25. The van der Waals surface area contributed by atoms with Crippen LogP contribution >= 0.6 is 0 Å². The van der Waals surface area contributed by atoms with Gasteiger partial charge in [0, 0.05) is 77.6 Å². The van der Waals surface area contributed by atoms with Crippen molar-refractivity contribution >= 4 is 45.5 Å². The first-order chi connectivity index (χ1) is 33.3. The van der Waals surface area contributed by atoms with Crippen LogP contribution in [0.15, 0.2) is 53.5 Å². The number of carbonyl (C=O) groups excluding carboxylic acids is 2.